The summed E-state index contributed by atoms with van der Waals surface area (Å²) in [6, 6.07) is 2.19. The summed E-state index contributed by atoms with van der Waals surface area (Å²) in [4.78, 5) is 5.35. The van der Waals surface area contributed by atoms with Gasteiger partial charge in [0.2, 0.25) is 0 Å². The molecule has 0 aliphatic carbocycles. The highest BCUT2D eigenvalue weighted by molar-refractivity contribution is 5.14. The predicted octanol–water partition coefficient (Wildman–Crippen LogP) is -0.0467. The van der Waals surface area contributed by atoms with E-state index in [2.05, 4.69) is 15.2 Å². The SMILES string of the molecule is OCC(c1cc[nH]c1)N1CCNCC1. The molecule has 1 unspecified atom stereocenters. The number of hydrogen-bond acceptors (Lipinski definition) is 3. The van der Waals surface area contributed by atoms with E-state index in [1.165, 1.54) is 5.56 Å². The van der Waals surface area contributed by atoms with Crippen molar-refractivity contribution < 1.29 is 5.11 Å². The molecule has 1 aromatic rings. The lowest BCUT2D eigenvalue weighted by Crippen LogP contribution is -2.45. The molecule has 0 amide bonds. The van der Waals surface area contributed by atoms with Gasteiger partial charge in [-0.1, -0.05) is 0 Å². The minimum atomic E-state index is 0.156. The third-order valence-corrected chi connectivity index (χ3v) is 2.77. The monoisotopic (exact) mass is 195 g/mol. The summed E-state index contributed by atoms with van der Waals surface area (Å²) in [6.45, 7) is 4.24. The molecule has 0 aromatic carbocycles. The number of aliphatic hydroxyl groups excluding tert-OH is 1. The Labute approximate surface area is 83.9 Å². The van der Waals surface area contributed by atoms with E-state index < -0.39 is 0 Å². The first-order valence-corrected chi connectivity index (χ1v) is 5.10. The van der Waals surface area contributed by atoms with E-state index in [4.69, 9.17) is 0 Å². The third-order valence-electron chi connectivity index (χ3n) is 2.77. The highest BCUT2D eigenvalue weighted by Crippen LogP contribution is 2.19. The molecule has 78 valence electrons. The minimum absolute atomic E-state index is 0.156. The van der Waals surface area contributed by atoms with Gasteiger partial charge in [0.1, 0.15) is 0 Å². The van der Waals surface area contributed by atoms with Gasteiger partial charge in [-0.15, -0.1) is 0 Å². The zero-order valence-corrected chi connectivity index (χ0v) is 8.24. The largest absolute Gasteiger partial charge is 0.394 e. The lowest BCUT2D eigenvalue weighted by Gasteiger charge is -2.33. The molecule has 3 N–H and O–H groups in total. The normalized spacial score (nSPS) is 20.9. The minimum Gasteiger partial charge on any atom is -0.394 e. The first-order valence-electron chi connectivity index (χ1n) is 5.10. The number of aromatic amines is 1. The molecule has 1 aromatic heterocycles. The van der Waals surface area contributed by atoms with Gasteiger partial charge in [0.05, 0.1) is 12.6 Å². The highest BCUT2D eigenvalue weighted by Gasteiger charge is 2.21. The van der Waals surface area contributed by atoms with Crippen LogP contribution in [0.3, 0.4) is 0 Å². The summed E-state index contributed by atoms with van der Waals surface area (Å²) < 4.78 is 0. The molecular formula is C10H17N3O. The van der Waals surface area contributed by atoms with E-state index >= 15 is 0 Å². The molecule has 0 saturated carbocycles. The molecule has 2 heterocycles. The van der Waals surface area contributed by atoms with Crippen molar-refractivity contribution in [2.75, 3.05) is 32.8 Å². The quantitative estimate of drug-likeness (QED) is 0.634. The molecule has 1 atom stereocenters. The van der Waals surface area contributed by atoms with Crippen LogP contribution in [0.2, 0.25) is 0 Å². The van der Waals surface area contributed by atoms with Crippen molar-refractivity contribution in [3.63, 3.8) is 0 Å². The Morgan fingerprint density at radius 2 is 2.21 bits per heavy atom. The number of nitrogens with zero attached hydrogens (tertiary/aromatic N) is 1. The Bertz CT molecular complexity index is 254. The Kier molecular flexibility index (Phi) is 3.18. The first-order chi connectivity index (χ1) is 6.92. The molecule has 1 aliphatic rings. The number of nitrogens with one attached hydrogen (secondary N) is 2. The van der Waals surface area contributed by atoms with E-state index in [-0.39, 0.29) is 12.6 Å². The Morgan fingerprint density at radius 3 is 2.79 bits per heavy atom. The maximum Gasteiger partial charge on any atom is 0.0629 e. The summed E-state index contributed by atoms with van der Waals surface area (Å²) in [5.74, 6) is 0. The van der Waals surface area contributed by atoms with Gasteiger partial charge in [-0.25, -0.2) is 0 Å². The van der Waals surface area contributed by atoms with Crippen LogP contribution in [0.15, 0.2) is 18.5 Å². The average Bonchev–Trinajstić information content (AvgIpc) is 2.74. The van der Waals surface area contributed by atoms with Gasteiger partial charge in [-0.2, -0.15) is 0 Å². The molecule has 2 rings (SSSR count). The van der Waals surface area contributed by atoms with E-state index in [0.717, 1.165) is 26.2 Å². The predicted molar refractivity (Wildman–Crippen MR) is 55.1 cm³/mol. The Balaban J connectivity index is 2.04. The van der Waals surface area contributed by atoms with Gasteiger partial charge >= 0.3 is 0 Å². The summed E-state index contributed by atoms with van der Waals surface area (Å²) in [7, 11) is 0. The molecular weight excluding hydrogens is 178 g/mol. The van der Waals surface area contributed by atoms with E-state index in [1.807, 2.05) is 18.5 Å². The van der Waals surface area contributed by atoms with Crippen LogP contribution in [0.25, 0.3) is 0 Å². The van der Waals surface area contributed by atoms with Gasteiger partial charge in [0.25, 0.3) is 0 Å². The molecule has 0 bridgehead atoms. The van der Waals surface area contributed by atoms with Crippen LogP contribution >= 0.6 is 0 Å². The number of aromatic nitrogens is 1. The van der Waals surface area contributed by atoms with E-state index in [0.29, 0.717) is 0 Å². The van der Waals surface area contributed by atoms with Crippen molar-refractivity contribution in [2.24, 2.45) is 0 Å². The highest BCUT2D eigenvalue weighted by atomic mass is 16.3. The second kappa shape index (κ2) is 4.59. The first kappa shape index (κ1) is 9.71. The number of piperazine rings is 1. The number of H-pyrrole nitrogens is 1. The standard InChI is InChI=1S/C10H17N3O/c14-8-10(9-1-2-12-7-9)13-5-3-11-4-6-13/h1-2,7,10-12,14H,3-6,8H2. The Morgan fingerprint density at radius 1 is 1.43 bits per heavy atom. The lowest BCUT2D eigenvalue weighted by atomic mass is 10.1. The fourth-order valence-electron chi connectivity index (χ4n) is 1.97. The van der Waals surface area contributed by atoms with Gasteiger partial charge < -0.3 is 15.4 Å². The van der Waals surface area contributed by atoms with Crippen molar-refractivity contribution in [3.8, 4) is 0 Å². The van der Waals surface area contributed by atoms with Crippen molar-refractivity contribution >= 4 is 0 Å². The van der Waals surface area contributed by atoms with Crippen molar-refractivity contribution in [1.29, 1.82) is 0 Å². The third kappa shape index (κ3) is 1.97. The van der Waals surface area contributed by atoms with Crippen LogP contribution < -0.4 is 5.32 Å². The van der Waals surface area contributed by atoms with Gasteiger partial charge in [-0.05, 0) is 11.6 Å². The van der Waals surface area contributed by atoms with Crippen molar-refractivity contribution in [1.82, 2.24) is 15.2 Å². The number of rotatable bonds is 3. The van der Waals surface area contributed by atoms with Gasteiger partial charge in [0, 0.05) is 38.6 Å². The summed E-state index contributed by atoms with van der Waals surface area (Å²) in [6.07, 6.45) is 3.86. The molecule has 4 heteroatoms. The number of hydrogen-bond donors (Lipinski definition) is 3. The van der Waals surface area contributed by atoms with E-state index in [9.17, 15) is 5.11 Å². The molecule has 0 radical (unpaired) electrons. The van der Waals surface area contributed by atoms with Crippen LogP contribution in [-0.2, 0) is 0 Å². The summed E-state index contributed by atoms with van der Waals surface area (Å²) >= 11 is 0. The zero-order chi connectivity index (χ0) is 9.80. The van der Waals surface area contributed by atoms with E-state index in [1.54, 1.807) is 0 Å². The van der Waals surface area contributed by atoms with Gasteiger partial charge in [0.15, 0.2) is 0 Å². The van der Waals surface area contributed by atoms with Crippen LogP contribution in [0.5, 0.6) is 0 Å². The maximum absolute atomic E-state index is 9.37. The zero-order valence-electron chi connectivity index (χ0n) is 8.24. The Hall–Kier alpha value is -0.840. The van der Waals surface area contributed by atoms with Crippen LogP contribution in [0, 0.1) is 0 Å². The van der Waals surface area contributed by atoms with Crippen molar-refractivity contribution in [2.45, 2.75) is 6.04 Å². The second-order valence-electron chi connectivity index (χ2n) is 3.63. The summed E-state index contributed by atoms with van der Waals surface area (Å²) in [5, 5.41) is 12.7. The van der Waals surface area contributed by atoms with Crippen LogP contribution in [0.4, 0.5) is 0 Å². The molecule has 1 saturated heterocycles. The molecule has 1 aliphatic heterocycles. The fourth-order valence-corrected chi connectivity index (χ4v) is 1.97. The maximum atomic E-state index is 9.37. The second-order valence-corrected chi connectivity index (χ2v) is 3.63. The van der Waals surface area contributed by atoms with Gasteiger partial charge in [-0.3, -0.25) is 4.90 Å². The molecule has 4 nitrogen and oxygen atoms in total. The topological polar surface area (TPSA) is 51.3 Å². The molecule has 1 fully saturated rings. The number of aliphatic hydroxyl groups is 1. The van der Waals surface area contributed by atoms with Crippen LogP contribution in [0.1, 0.15) is 11.6 Å². The summed E-state index contributed by atoms with van der Waals surface area (Å²) in [5.41, 5.74) is 1.18. The smallest absolute Gasteiger partial charge is 0.0629 e. The average molecular weight is 195 g/mol. The van der Waals surface area contributed by atoms with Crippen LogP contribution in [-0.4, -0.2) is 47.8 Å². The molecule has 14 heavy (non-hydrogen) atoms. The molecule has 0 spiro atoms. The van der Waals surface area contributed by atoms with Crippen molar-refractivity contribution in [3.05, 3.63) is 24.0 Å². The lowest BCUT2D eigenvalue weighted by molar-refractivity contribution is 0.111. The fraction of sp³-hybridized carbons (Fsp3) is 0.600.